The maximum Gasteiger partial charge on any atom is 0.256 e. The van der Waals surface area contributed by atoms with Gasteiger partial charge >= 0.3 is 0 Å². The van der Waals surface area contributed by atoms with Crippen LogP contribution in [0.4, 0.5) is 8.78 Å². The van der Waals surface area contributed by atoms with Crippen LogP contribution in [-0.2, 0) is 6.54 Å². The maximum absolute atomic E-state index is 13.9. The van der Waals surface area contributed by atoms with Crippen LogP contribution in [0.25, 0.3) is 0 Å². The van der Waals surface area contributed by atoms with E-state index < -0.39 is 17.5 Å². The van der Waals surface area contributed by atoms with Gasteiger partial charge in [0, 0.05) is 43.4 Å². The maximum atomic E-state index is 13.9. The second-order valence-corrected chi connectivity index (χ2v) is 6.53. The molecule has 2 bridgehead atoms. The molecule has 2 atom stereocenters. The van der Waals surface area contributed by atoms with E-state index in [9.17, 15) is 18.4 Å². The smallest absolute Gasteiger partial charge is 0.256 e. The molecule has 6 heteroatoms. The van der Waals surface area contributed by atoms with Crippen molar-refractivity contribution in [3.63, 3.8) is 0 Å². The minimum Gasteiger partial charge on any atom is -0.338 e. The van der Waals surface area contributed by atoms with Crippen molar-refractivity contribution in [3.05, 3.63) is 69.6 Å². The number of hydrogen-bond acceptors (Lipinski definition) is 2. The average molecular weight is 330 g/mol. The highest BCUT2D eigenvalue weighted by Gasteiger charge is 2.36. The third-order valence-corrected chi connectivity index (χ3v) is 4.93. The van der Waals surface area contributed by atoms with Crippen LogP contribution in [0.3, 0.4) is 0 Å². The van der Waals surface area contributed by atoms with Crippen molar-refractivity contribution >= 4 is 5.91 Å². The van der Waals surface area contributed by atoms with Gasteiger partial charge in [0.25, 0.3) is 11.5 Å². The van der Waals surface area contributed by atoms with Crippen LogP contribution in [-0.4, -0.2) is 28.5 Å². The molecule has 2 aromatic rings. The molecule has 4 nitrogen and oxygen atoms in total. The van der Waals surface area contributed by atoms with E-state index in [4.69, 9.17) is 0 Å². The van der Waals surface area contributed by atoms with Gasteiger partial charge in [0.2, 0.25) is 0 Å². The fraction of sp³-hybridized carbons (Fsp3) is 0.333. The molecule has 2 aliphatic heterocycles. The minimum absolute atomic E-state index is 0.0217. The molecule has 0 radical (unpaired) electrons. The molecule has 1 amide bonds. The van der Waals surface area contributed by atoms with Crippen molar-refractivity contribution in [3.8, 4) is 0 Å². The molecule has 1 aromatic carbocycles. The lowest BCUT2D eigenvalue weighted by Crippen LogP contribution is -2.49. The minimum atomic E-state index is -0.840. The Morgan fingerprint density at radius 2 is 1.92 bits per heavy atom. The number of pyridine rings is 1. The van der Waals surface area contributed by atoms with Crippen LogP contribution >= 0.6 is 0 Å². The zero-order valence-corrected chi connectivity index (χ0v) is 12.9. The molecule has 1 aromatic heterocycles. The summed E-state index contributed by atoms with van der Waals surface area (Å²) in [6.07, 6.45) is 0.916. The normalized spacial score (nSPS) is 22.2. The van der Waals surface area contributed by atoms with Crippen molar-refractivity contribution in [2.75, 3.05) is 13.1 Å². The second-order valence-electron chi connectivity index (χ2n) is 6.53. The zero-order valence-electron chi connectivity index (χ0n) is 12.9. The average Bonchev–Trinajstić information content (AvgIpc) is 2.55. The van der Waals surface area contributed by atoms with Crippen LogP contribution in [0.5, 0.6) is 0 Å². The number of benzene rings is 1. The Balaban J connectivity index is 1.64. The summed E-state index contributed by atoms with van der Waals surface area (Å²) >= 11 is 0. The number of nitrogens with zero attached hydrogens (tertiary/aromatic N) is 2. The van der Waals surface area contributed by atoms with Crippen LogP contribution in [0.1, 0.15) is 28.4 Å². The number of aromatic nitrogens is 1. The van der Waals surface area contributed by atoms with Crippen molar-refractivity contribution in [2.45, 2.75) is 18.9 Å². The Labute approximate surface area is 137 Å². The van der Waals surface area contributed by atoms with Crippen molar-refractivity contribution in [1.29, 1.82) is 0 Å². The van der Waals surface area contributed by atoms with E-state index in [1.54, 1.807) is 21.6 Å². The summed E-state index contributed by atoms with van der Waals surface area (Å²) in [5, 5.41) is 0. The summed E-state index contributed by atoms with van der Waals surface area (Å²) in [4.78, 5) is 26.3. The highest BCUT2D eigenvalue weighted by Crippen LogP contribution is 2.35. The quantitative estimate of drug-likeness (QED) is 0.806. The number of amides is 1. The van der Waals surface area contributed by atoms with Crippen LogP contribution < -0.4 is 5.56 Å². The molecule has 1 saturated heterocycles. The largest absolute Gasteiger partial charge is 0.338 e. The van der Waals surface area contributed by atoms with Gasteiger partial charge in [-0.25, -0.2) is 8.78 Å². The summed E-state index contributed by atoms with van der Waals surface area (Å²) in [6, 6.07) is 8.20. The number of carbonyl (C=O) groups is 1. The monoisotopic (exact) mass is 330 g/mol. The van der Waals surface area contributed by atoms with Gasteiger partial charge in [-0.3, -0.25) is 9.59 Å². The van der Waals surface area contributed by atoms with Gasteiger partial charge in [-0.15, -0.1) is 0 Å². The topological polar surface area (TPSA) is 42.3 Å². The lowest BCUT2D eigenvalue weighted by atomic mass is 9.83. The summed E-state index contributed by atoms with van der Waals surface area (Å²) < 4.78 is 28.7. The molecule has 0 spiro atoms. The number of rotatable bonds is 1. The predicted molar refractivity (Wildman–Crippen MR) is 83.8 cm³/mol. The Kier molecular flexibility index (Phi) is 3.48. The molecule has 3 heterocycles. The molecule has 24 heavy (non-hydrogen) atoms. The van der Waals surface area contributed by atoms with E-state index in [1.807, 2.05) is 6.07 Å². The van der Waals surface area contributed by atoms with E-state index in [0.29, 0.717) is 19.6 Å². The molecule has 0 unspecified atom stereocenters. The standard InChI is InChI=1S/C18H16F2N2O2/c19-13-4-5-14(15(20)7-13)18(24)21-8-11-6-12(10-21)16-2-1-3-17(23)22(16)9-11/h1-5,7,11-12H,6,8-10H2/t11-,12-/m1/s1. The predicted octanol–water partition coefficient (Wildman–Crippen LogP) is 2.39. The van der Waals surface area contributed by atoms with Gasteiger partial charge in [0.1, 0.15) is 11.6 Å². The zero-order chi connectivity index (χ0) is 16.8. The number of likely N-dealkylation sites (tertiary alicyclic amines) is 1. The first-order valence-electron chi connectivity index (χ1n) is 7.97. The first-order valence-corrected chi connectivity index (χ1v) is 7.97. The third kappa shape index (κ3) is 2.42. The molecule has 124 valence electrons. The number of fused-ring (bicyclic) bond motifs is 4. The summed E-state index contributed by atoms with van der Waals surface area (Å²) in [7, 11) is 0. The van der Waals surface area contributed by atoms with Gasteiger partial charge in [-0.1, -0.05) is 6.07 Å². The number of piperidine rings is 1. The van der Waals surface area contributed by atoms with Gasteiger partial charge in [-0.05, 0) is 30.5 Å². The van der Waals surface area contributed by atoms with Gasteiger partial charge in [0.15, 0.2) is 0 Å². The SMILES string of the molecule is O=C(c1ccc(F)cc1F)N1C[C@H]2C[C@H](C1)c1cccc(=O)n1C2. The van der Waals surface area contributed by atoms with Crippen molar-refractivity contribution in [2.24, 2.45) is 5.92 Å². The van der Waals surface area contributed by atoms with Crippen LogP contribution in [0.15, 0.2) is 41.2 Å². The van der Waals surface area contributed by atoms with E-state index >= 15 is 0 Å². The lowest BCUT2D eigenvalue weighted by Gasteiger charge is -2.42. The lowest BCUT2D eigenvalue weighted by molar-refractivity contribution is 0.0590. The van der Waals surface area contributed by atoms with E-state index in [-0.39, 0.29) is 23.0 Å². The first kappa shape index (κ1) is 15.1. The number of halogens is 2. The van der Waals surface area contributed by atoms with E-state index in [2.05, 4.69) is 0 Å². The highest BCUT2D eigenvalue weighted by molar-refractivity contribution is 5.94. The first-order chi connectivity index (χ1) is 11.5. The van der Waals surface area contributed by atoms with Crippen LogP contribution in [0.2, 0.25) is 0 Å². The molecule has 2 aliphatic rings. The van der Waals surface area contributed by atoms with E-state index in [0.717, 1.165) is 24.2 Å². The molecule has 1 fully saturated rings. The molecule has 4 rings (SSSR count). The van der Waals surface area contributed by atoms with Crippen LogP contribution in [0, 0.1) is 17.6 Å². The molecular weight excluding hydrogens is 314 g/mol. The highest BCUT2D eigenvalue weighted by atomic mass is 19.1. The second kappa shape index (κ2) is 5.54. The fourth-order valence-electron chi connectivity index (χ4n) is 3.90. The van der Waals surface area contributed by atoms with Gasteiger partial charge in [-0.2, -0.15) is 0 Å². The summed E-state index contributed by atoms with van der Waals surface area (Å²) in [5.41, 5.74) is 0.796. The third-order valence-electron chi connectivity index (χ3n) is 4.93. The Hall–Kier alpha value is -2.50. The summed E-state index contributed by atoms with van der Waals surface area (Å²) in [5.74, 6) is -1.73. The Morgan fingerprint density at radius 3 is 2.71 bits per heavy atom. The van der Waals surface area contributed by atoms with Crippen molar-refractivity contribution < 1.29 is 13.6 Å². The molecule has 0 saturated carbocycles. The summed E-state index contributed by atoms with van der Waals surface area (Å²) in [6.45, 7) is 1.49. The van der Waals surface area contributed by atoms with E-state index in [1.165, 1.54) is 6.07 Å². The van der Waals surface area contributed by atoms with Gasteiger partial charge in [0.05, 0.1) is 5.56 Å². The van der Waals surface area contributed by atoms with Crippen molar-refractivity contribution in [1.82, 2.24) is 9.47 Å². The molecule has 0 N–H and O–H groups in total. The Morgan fingerprint density at radius 1 is 1.08 bits per heavy atom. The van der Waals surface area contributed by atoms with Gasteiger partial charge < -0.3 is 9.47 Å². The molecular formula is C18H16F2N2O2. The number of hydrogen-bond donors (Lipinski definition) is 0. The Bertz CT molecular complexity index is 878. The fourth-order valence-corrected chi connectivity index (χ4v) is 3.90. The molecule has 0 aliphatic carbocycles. The number of carbonyl (C=O) groups excluding carboxylic acids is 1.